The van der Waals surface area contributed by atoms with Gasteiger partial charge in [0.25, 0.3) is 0 Å². The molecule has 2 heterocycles. The van der Waals surface area contributed by atoms with E-state index in [9.17, 15) is 4.79 Å². The molecule has 2 fully saturated rings. The van der Waals surface area contributed by atoms with Crippen LogP contribution < -0.4 is 15.5 Å². The Balaban J connectivity index is 1.29. The molecular weight excluding hydrogens is 350 g/mol. The van der Waals surface area contributed by atoms with Gasteiger partial charge in [0.15, 0.2) is 0 Å². The molecule has 0 spiro atoms. The van der Waals surface area contributed by atoms with E-state index in [2.05, 4.69) is 31.6 Å². The topological polar surface area (TPSA) is 70.2 Å². The summed E-state index contributed by atoms with van der Waals surface area (Å²) in [6.07, 6.45) is 7.90. The fraction of sp³-hybridized carbons (Fsp3) is 0.500. The van der Waals surface area contributed by atoms with E-state index in [0.717, 1.165) is 48.8 Å². The molecule has 1 aromatic heterocycles. The van der Waals surface area contributed by atoms with Gasteiger partial charge in [-0.05, 0) is 56.6 Å². The number of hydrogen-bond acceptors (Lipinski definition) is 5. The minimum Gasteiger partial charge on any atom is -0.367 e. The zero-order valence-corrected chi connectivity index (χ0v) is 16.5. The SMILES string of the molecule is Cc1ccccc1NC(=O)CCC1CCCN(c2cc(NC3CC3)ncn2)C1. The number of nitrogens with one attached hydrogen (secondary N) is 2. The summed E-state index contributed by atoms with van der Waals surface area (Å²) < 4.78 is 0. The first-order valence-corrected chi connectivity index (χ1v) is 10.4. The van der Waals surface area contributed by atoms with E-state index in [1.807, 2.05) is 31.2 Å². The maximum Gasteiger partial charge on any atom is 0.224 e. The lowest BCUT2D eigenvalue weighted by Gasteiger charge is -2.33. The molecule has 6 nitrogen and oxygen atoms in total. The van der Waals surface area contributed by atoms with Crippen molar-refractivity contribution in [3.05, 3.63) is 42.2 Å². The molecule has 1 amide bonds. The molecule has 1 saturated heterocycles. The van der Waals surface area contributed by atoms with Crippen LogP contribution in [0.2, 0.25) is 0 Å². The Bertz CT molecular complexity index is 820. The maximum atomic E-state index is 12.4. The highest BCUT2D eigenvalue weighted by Gasteiger charge is 2.24. The average Bonchev–Trinajstić information content (AvgIpc) is 3.53. The van der Waals surface area contributed by atoms with Crippen molar-refractivity contribution in [3.8, 4) is 0 Å². The second-order valence-corrected chi connectivity index (χ2v) is 8.04. The summed E-state index contributed by atoms with van der Waals surface area (Å²) in [5.41, 5.74) is 2.01. The Morgan fingerprint density at radius 2 is 2.07 bits per heavy atom. The predicted molar refractivity (Wildman–Crippen MR) is 113 cm³/mol. The number of piperidine rings is 1. The Morgan fingerprint density at radius 3 is 2.89 bits per heavy atom. The smallest absolute Gasteiger partial charge is 0.224 e. The zero-order chi connectivity index (χ0) is 19.3. The fourth-order valence-electron chi connectivity index (χ4n) is 3.81. The van der Waals surface area contributed by atoms with Crippen molar-refractivity contribution in [2.75, 3.05) is 28.6 Å². The number of amides is 1. The number of anilines is 3. The third kappa shape index (κ3) is 5.00. The number of carbonyl (C=O) groups is 1. The van der Waals surface area contributed by atoms with Crippen LogP contribution in [0, 0.1) is 12.8 Å². The largest absolute Gasteiger partial charge is 0.367 e. The molecule has 1 aromatic carbocycles. The standard InChI is InChI=1S/C22H29N5O/c1-16-5-2-3-7-19(16)26-22(28)11-8-17-6-4-12-27(14-17)21-13-20(23-15-24-21)25-18-9-10-18/h2-3,5,7,13,15,17-18H,4,6,8-12,14H2,1H3,(H,26,28)(H,23,24,25). The summed E-state index contributed by atoms with van der Waals surface area (Å²) in [5, 5.41) is 6.49. The van der Waals surface area contributed by atoms with Crippen molar-refractivity contribution in [3.63, 3.8) is 0 Å². The van der Waals surface area contributed by atoms with Crippen LogP contribution in [-0.2, 0) is 4.79 Å². The molecular formula is C22H29N5O. The van der Waals surface area contributed by atoms with Crippen molar-refractivity contribution in [1.29, 1.82) is 0 Å². The molecule has 2 aliphatic rings. The maximum absolute atomic E-state index is 12.4. The molecule has 6 heteroatoms. The highest BCUT2D eigenvalue weighted by Crippen LogP contribution is 2.28. The van der Waals surface area contributed by atoms with Crippen LogP contribution in [0.4, 0.5) is 17.3 Å². The first-order chi connectivity index (χ1) is 13.7. The number of rotatable bonds is 7. The predicted octanol–water partition coefficient (Wildman–Crippen LogP) is 3.99. The van der Waals surface area contributed by atoms with E-state index in [0.29, 0.717) is 18.4 Å². The first-order valence-electron chi connectivity index (χ1n) is 10.4. The summed E-state index contributed by atoms with van der Waals surface area (Å²) >= 11 is 0. The Morgan fingerprint density at radius 1 is 1.21 bits per heavy atom. The van der Waals surface area contributed by atoms with Gasteiger partial charge in [-0.3, -0.25) is 4.79 Å². The number of aromatic nitrogens is 2. The highest BCUT2D eigenvalue weighted by molar-refractivity contribution is 5.91. The fourth-order valence-corrected chi connectivity index (χ4v) is 3.81. The first kappa shape index (κ1) is 18.7. The number of nitrogens with zero attached hydrogens (tertiary/aromatic N) is 3. The van der Waals surface area contributed by atoms with Crippen molar-refractivity contribution >= 4 is 23.2 Å². The van der Waals surface area contributed by atoms with Crippen molar-refractivity contribution < 1.29 is 4.79 Å². The van der Waals surface area contributed by atoms with Gasteiger partial charge in [-0.2, -0.15) is 0 Å². The van der Waals surface area contributed by atoms with Gasteiger partial charge in [-0.1, -0.05) is 18.2 Å². The second kappa shape index (κ2) is 8.59. The third-order valence-corrected chi connectivity index (χ3v) is 5.62. The summed E-state index contributed by atoms with van der Waals surface area (Å²) in [4.78, 5) is 23.5. The van der Waals surface area contributed by atoms with E-state index < -0.39 is 0 Å². The molecule has 1 saturated carbocycles. The monoisotopic (exact) mass is 379 g/mol. The van der Waals surface area contributed by atoms with Crippen molar-refractivity contribution in [1.82, 2.24) is 9.97 Å². The number of aryl methyl sites for hydroxylation is 1. The summed E-state index contributed by atoms with van der Waals surface area (Å²) in [6.45, 7) is 3.99. The molecule has 0 bridgehead atoms. The Kier molecular flexibility index (Phi) is 5.74. The van der Waals surface area contributed by atoms with Crippen LogP contribution in [0.1, 0.15) is 44.1 Å². The number of para-hydroxylation sites is 1. The van der Waals surface area contributed by atoms with Gasteiger partial charge in [0.2, 0.25) is 5.91 Å². The summed E-state index contributed by atoms with van der Waals surface area (Å²) in [6, 6.07) is 10.6. The van der Waals surface area contributed by atoms with Crippen LogP contribution in [0.15, 0.2) is 36.7 Å². The summed E-state index contributed by atoms with van der Waals surface area (Å²) in [5.74, 6) is 2.54. The van der Waals surface area contributed by atoms with E-state index in [1.54, 1.807) is 6.33 Å². The molecule has 28 heavy (non-hydrogen) atoms. The molecule has 148 valence electrons. The normalized spacial score (nSPS) is 19.3. The number of hydrogen-bond donors (Lipinski definition) is 2. The minimum atomic E-state index is 0.101. The number of carbonyl (C=O) groups excluding carboxylic acids is 1. The van der Waals surface area contributed by atoms with Gasteiger partial charge < -0.3 is 15.5 Å². The molecule has 1 aliphatic carbocycles. The van der Waals surface area contributed by atoms with Crippen LogP contribution in [0.25, 0.3) is 0 Å². The zero-order valence-electron chi connectivity index (χ0n) is 16.5. The van der Waals surface area contributed by atoms with Gasteiger partial charge in [0.1, 0.15) is 18.0 Å². The molecule has 2 N–H and O–H groups in total. The van der Waals surface area contributed by atoms with Crippen molar-refractivity contribution in [2.24, 2.45) is 5.92 Å². The molecule has 4 rings (SSSR count). The lowest BCUT2D eigenvalue weighted by molar-refractivity contribution is -0.116. The molecule has 0 radical (unpaired) electrons. The lowest BCUT2D eigenvalue weighted by atomic mass is 9.93. The molecule has 2 aromatic rings. The Hall–Kier alpha value is -2.63. The van der Waals surface area contributed by atoms with Crippen LogP contribution in [0.3, 0.4) is 0 Å². The van der Waals surface area contributed by atoms with E-state index in [-0.39, 0.29) is 5.91 Å². The minimum absolute atomic E-state index is 0.101. The van der Waals surface area contributed by atoms with E-state index in [1.165, 1.54) is 19.3 Å². The van der Waals surface area contributed by atoms with Gasteiger partial charge in [-0.15, -0.1) is 0 Å². The lowest BCUT2D eigenvalue weighted by Crippen LogP contribution is -2.36. The molecule has 1 atom stereocenters. The van der Waals surface area contributed by atoms with E-state index >= 15 is 0 Å². The van der Waals surface area contributed by atoms with E-state index in [4.69, 9.17) is 0 Å². The van der Waals surface area contributed by atoms with Gasteiger partial charge in [0, 0.05) is 37.3 Å². The highest BCUT2D eigenvalue weighted by atomic mass is 16.1. The van der Waals surface area contributed by atoms with Gasteiger partial charge >= 0.3 is 0 Å². The average molecular weight is 380 g/mol. The number of benzene rings is 1. The van der Waals surface area contributed by atoms with Crippen LogP contribution >= 0.6 is 0 Å². The molecule has 1 aliphatic heterocycles. The Labute approximate surface area is 166 Å². The second-order valence-electron chi connectivity index (χ2n) is 8.04. The third-order valence-electron chi connectivity index (χ3n) is 5.62. The summed E-state index contributed by atoms with van der Waals surface area (Å²) in [7, 11) is 0. The van der Waals surface area contributed by atoms with Gasteiger partial charge in [-0.25, -0.2) is 9.97 Å². The van der Waals surface area contributed by atoms with Crippen LogP contribution in [-0.4, -0.2) is 35.0 Å². The van der Waals surface area contributed by atoms with Gasteiger partial charge in [0.05, 0.1) is 0 Å². The molecule has 1 unspecified atom stereocenters. The van der Waals surface area contributed by atoms with Crippen LogP contribution in [0.5, 0.6) is 0 Å². The van der Waals surface area contributed by atoms with Crippen molar-refractivity contribution in [2.45, 2.75) is 51.5 Å². The quantitative estimate of drug-likeness (QED) is 0.761.